The molecule has 0 unspecified atom stereocenters. The van der Waals surface area contributed by atoms with Crippen LogP contribution >= 0.6 is 11.8 Å². The normalized spacial score (nSPS) is 11.3. The van der Waals surface area contributed by atoms with Crippen LogP contribution in [-0.2, 0) is 16.9 Å². The van der Waals surface area contributed by atoms with Crippen LogP contribution in [0.3, 0.4) is 0 Å². The number of imidazole rings is 1. The van der Waals surface area contributed by atoms with Crippen LogP contribution in [0.1, 0.15) is 17.3 Å². The van der Waals surface area contributed by atoms with Crippen LogP contribution in [0, 0.1) is 0 Å². The van der Waals surface area contributed by atoms with Gasteiger partial charge in [0, 0.05) is 35.6 Å². The average Bonchev–Trinajstić information content (AvgIpc) is 3.08. The molecule has 0 saturated heterocycles. The Morgan fingerprint density at radius 1 is 1.11 bits per heavy atom. The van der Waals surface area contributed by atoms with Crippen LogP contribution in [0.5, 0.6) is 0 Å². The summed E-state index contributed by atoms with van der Waals surface area (Å²) in [7, 11) is -1.34. The molecule has 0 aliphatic heterocycles. The lowest BCUT2D eigenvalue weighted by Crippen LogP contribution is -2.12. The van der Waals surface area contributed by atoms with Gasteiger partial charge in [0.1, 0.15) is 0 Å². The number of hydrogen-bond donors (Lipinski definition) is 1. The molecule has 3 rings (SSSR count). The van der Waals surface area contributed by atoms with Crippen molar-refractivity contribution in [3.63, 3.8) is 0 Å². The van der Waals surface area contributed by atoms with Crippen molar-refractivity contribution in [3.05, 3.63) is 66.5 Å². The van der Waals surface area contributed by atoms with Crippen molar-refractivity contribution in [1.29, 1.82) is 0 Å². The van der Waals surface area contributed by atoms with Crippen LogP contribution in [0.15, 0.2) is 75.9 Å². The molecular formula is C19H19N3O3S2. The number of nitrogens with zero attached hydrogens (tertiary/aromatic N) is 2. The second kappa shape index (κ2) is 7.98. The second-order valence-electron chi connectivity index (χ2n) is 5.83. The number of amides is 1. The molecular weight excluding hydrogens is 382 g/mol. The summed E-state index contributed by atoms with van der Waals surface area (Å²) in [4.78, 5) is 17.8. The van der Waals surface area contributed by atoms with Gasteiger partial charge >= 0.3 is 0 Å². The molecule has 1 heterocycles. The summed E-state index contributed by atoms with van der Waals surface area (Å²) in [6.07, 6.45) is 3.63. The maximum absolute atomic E-state index is 12.4. The number of hydrogen-bond acceptors (Lipinski definition) is 5. The molecule has 1 N–H and O–H groups in total. The minimum atomic E-state index is -3.27. The molecule has 0 spiro atoms. The fourth-order valence-electron chi connectivity index (χ4n) is 2.35. The maximum Gasteiger partial charge on any atom is 0.255 e. The van der Waals surface area contributed by atoms with Crippen molar-refractivity contribution in [2.75, 3.05) is 11.1 Å². The van der Waals surface area contributed by atoms with Gasteiger partial charge in [0.2, 0.25) is 0 Å². The van der Waals surface area contributed by atoms with Gasteiger partial charge in [0.05, 0.1) is 10.6 Å². The zero-order chi connectivity index (χ0) is 19.4. The Labute approximate surface area is 162 Å². The second-order valence-corrected chi connectivity index (χ2v) is 9.15. The number of rotatable bonds is 6. The van der Waals surface area contributed by atoms with E-state index < -0.39 is 9.84 Å². The van der Waals surface area contributed by atoms with E-state index in [-0.39, 0.29) is 16.6 Å². The number of sulfone groups is 1. The van der Waals surface area contributed by atoms with Gasteiger partial charge in [-0.25, -0.2) is 13.4 Å². The molecule has 0 saturated carbocycles. The third-order valence-corrected chi connectivity index (χ3v) is 6.79. The number of carbonyl (C=O) groups excluding carboxylic acids is 1. The van der Waals surface area contributed by atoms with E-state index in [9.17, 15) is 13.2 Å². The predicted octanol–water partition coefficient (Wildman–Crippen LogP) is 3.62. The van der Waals surface area contributed by atoms with Gasteiger partial charge in [-0.15, -0.1) is 0 Å². The van der Waals surface area contributed by atoms with Crippen molar-refractivity contribution in [1.82, 2.24) is 9.55 Å². The van der Waals surface area contributed by atoms with E-state index in [1.165, 1.54) is 36.0 Å². The number of aryl methyl sites for hydroxylation is 1. The quantitative estimate of drug-likeness (QED) is 0.682. The first kappa shape index (κ1) is 19.2. The first-order valence-corrected chi connectivity index (χ1v) is 10.8. The Bertz CT molecular complexity index is 1040. The number of carbonyl (C=O) groups is 1. The van der Waals surface area contributed by atoms with Crippen LogP contribution in [0.4, 0.5) is 5.69 Å². The molecule has 0 aliphatic carbocycles. The fourth-order valence-corrected chi connectivity index (χ4v) is 4.03. The van der Waals surface area contributed by atoms with Crippen LogP contribution in [0.25, 0.3) is 0 Å². The van der Waals surface area contributed by atoms with Crippen molar-refractivity contribution in [2.24, 2.45) is 7.05 Å². The monoisotopic (exact) mass is 401 g/mol. The molecule has 27 heavy (non-hydrogen) atoms. The van der Waals surface area contributed by atoms with Crippen molar-refractivity contribution >= 4 is 33.2 Å². The van der Waals surface area contributed by atoms with E-state index in [0.29, 0.717) is 11.3 Å². The summed E-state index contributed by atoms with van der Waals surface area (Å²) in [5.41, 5.74) is 1.06. The molecule has 1 aromatic heterocycles. The topological polar surface area (TPSA) is 81.1 Å². The van der Waals surface area contributed by atoms with Crippen LogP contribution in [-0.4, -0.2) is 29.6 Å². The van der Waals surface area contributed by atoms with E-state index >= 15 is 0 Å². The lowest BCUT2D eigenvalue weighted by Gasteiger charge is -2.07. The van der Waals surface area contributed by atoms with E-state index in [1.54, 1.807) is 13.1 Å². The Hall–Kier alpha value is -2.58. The van der Waals surface area contributed by atoms with E-state index in [1.807, 2.05) is 42.1 Å². The maximum atomic E-state index is 12.4. The fraction of sp³-hybridized carbons (Fsp3) is 0.158. The van der Waals surface area contributed by atoms with Crippen LogP contribution < -0.4 is 5.32 Å². The molecule has 0 atom stereocenters. The first-order chi connectivity index (χ1) is 12.9. The minimum absolute atomic E-state index is 0.0289. The summed E-state index contributed by atoms with van der Waals surface area (Å²) in [6.45, 7) is 1.59. The van der Waals surface area contributed by atoms with Crippen molar-refractivity contribution < 1.29 is 13.2 Å². The number of benzene rings is 2. The summed E-state index contributed by atoms with van der Waals surface area (Å²) < 4.78 is 25.6. The van der Waals surface area contributed by atoms with Gasteiger partial charge in [0.15, 0.2) is 15.0 Å². The van der Waals surface area contributed by atoms with Gasteiger partial charge in [-0.2, -0.15) is 0 Å². The lowest BCUT2D eigenvalue weighted by atomic mass is 10.2. The highest BCUT2D eigenvalue weighted by Gasteiger charge is 2.13. The van der Waals surface area contributed by atoms with Gasteiger partial charge in [0.25, 0.3) is 5.91 Å². The van der Waals surface area contributed by atoms with Gasteiger partial charge in [-0.3, -0.25) is 4.79 Å². The summed E-state index contributed by atoms with van der Waals surface area (Å²) in [6, 6.07) is 13.4. The highest BCUT2D eigenvalue weighted by atomic mass is 32.2. The molecule has 2 aromatic carbocycles. The molecule has 6 nitrogen and oxygen atoms in total. The number of anilines is 1. The summed E-state index contributed by atoms with van der Waals surface area (Å²) >= 11 is 1.53. The van der Waals surface area contributed by atoms with Gasteiger partial charge in [-0.1, -0.05) is 18.7 Å². The molecule has 0 fully saturated rings. The minimum Gasteiger partial charge on any atom is -0.329 e. The Morgan fingerprint density at radius 2 is 1.78 bits per heavy atom. The average molecular weight is 402 g/mol. The molecule has 3 aromatic rings. The molecule has 0 radical (unpaired) electrons. The largest absolute Gasteiger partial charge is 0.329 e. The number of aromatic nitrogens is 2. The van der Waals surface area contributed by atoms with E-state index in [4.69, 9.17) is 0 Å². The first-order valence-electron chi connectivity index (χ1n) is 8.28. The third-order valence-electron chi connectivity index (χ3n) is 3.95. The standard InChI is InChI=1S/C19H19N3O3S2/c1-3-27(24,25)17-10-4-14(5-11-17)18(23)21-15-6-8-16(9-7-15)26-19-20-12-13-22(19)2/h4-13H,3H2,1-2H3,(H,21,23). The van der Waals surface area contributed by atoms with Crippen molar-refractivity contribution in [2.45, 2.75) is 21.9 Å². The predicted molar refractivity (Wildman–Crippen MR) is 106 cm³/mol. The summed E-state index contributed by atoms with van der Waals surface area (Å²) in [5, 5.41) is 3.69. The molecule has 0 aliphatic rings. The van der Waals surface area contributed by atoms with E-state index in [0.717, 1.165) is 10.1 Å². The smallest absolute Gasteiger partial charge is 0.255 e. The Kier molecular flexibility index (Phi) is 5.67. The highest BCUT2D eigenvalue weighted by Crippen LogP contribution is 2.27. The number of nitrogens with one attached hydrogen (secondary N) is 1. The Balaban J connectivity index is 1.66. The molecule has 140 valence electrons. The third kappa shape index (κ3) is 4.58. The molecule has 0 bridgehead atoms. The van der Waals surface area contributed by atoms with Gasteiger partial charge in [-0.05, 0) is 48.5 Å². The zero-order valence-corrected chi connectivity index (χ0v) is 16.5. The lowest BCUT2D eigenvalue weighted by molar-refractivity contribution is 0.102. The van der Waals surface area contributed by atoms with E-state index in [2.05, 4.69) is 10.3 Å². The molecule has 1 amide bonds. The van der Waals surface area contributed by atoms with Crippen LogP contribution in [0.2, 0.25) is 0 Å². The summed E-state index contributed by atoms with van der Waals surface area (Å²) in [5.74, 6) is -0.263. The zero-order valence-electron chi connectivity index (χ0n) is 14.9. The SMILES string of the molecule is CCS(=O)(=O)c1ccc(C(=O)Nc2ccc(Sc3nccn3C)cc2)cc1. The Morgan fingerprint density at radius 3 is 2.33 bits per heavy atom. The van der Waals surface area contributed by atoms with Crippen molar-refractivity contribution in [3.8, 4) is 0 Å². The molecule has 8 heteroatoms. The highest BCUT2D eigenvalue weighted by molar-refractivity contribution is 7.99. The van der Waals surface area contributed by atoms with Gasteiger partial charge < -0.3 is 9.88 Å².